The maximum Gasteiger partial charge on any atom is 0.412 e. The average molecular weight is 370 g/mol. The molecule has 2 aromatic rings. The van der Waals surface area contributed by atoms with Crippen molar-refractivity contribution in [3.63, 3.8) is 0 Å². The number of amides is 2. The van der Waals surface area contributed by atoms with Gasteiger partial charge in [0.2, 0.25) is 5.91 Å². The lowest BCUT2D eigenvalue weighted by Crippen LogP contribution is -2.29. The van der Waals surface area contributed by atoms with Crippen LogP contribution < -0.4 is 10.2 Å². The minimum absolute atomic E-state index is 0.159. The first-order valence-corrected chi connectivity index (χ1v) is 8.95. The van der Waals surface area contributed by atoms with Crippen molar-refractivity contribution in [3.8, 4) is 0 Å². The van der Waals surface area contributed by atoms with Gasteiger partial charge in [-0.1, -0.05) is 0 Å². The van der Waals surface area contributed by atoms with Gasteiger partial charge in [0.15, 0.2) is 5.82 Å². The van der Waals surface area contributed by atoms with Gasteiger partial charge in [-0.05, 0) is 45.2 Å². The Labute approximate surface area is 156 Å². The van der Waals surface area contributed by atoms with Gasteiger partial charge in [-0.15, -0.1) is 5.10 Å². The third-order valence-electron chi connectivity index (χ3n) is 4.51. The van der Waals surface area contributed by atoms with Crippen LogP contribution in [0, 0.1) is 11.8 Å². The molecular weight excluding hydrogens is 348 g/mol. The molecule has 4 rings (SSSR count). The van der Waals surface area contributed by atoms with Crippen LogP contribution in [0.4, 0.5) is 16.3 Å². The number of fused-ring (bicyclic) bond motifs is 1. The number of hydrogen-bond donors (Lipinski definition) is 1. The van der Waals surface area contributed by atoms with Gasteiger partial charge in [-0.3, -0.25) is 19.7 Å². The molecule has 0 spiro atoms. The second-order valence-corrected chi connectivity index (χ2v) is 7.99. The van der Waals surface area contributed by atoms with E-state index in [9.17, 15) is 9.59 Å². The van der Waals surface area contributed by atoms with Gasteiger partial charge in [0.05, 0.1) is 24.1 Å². The molecule has 2 unspecified atom stereocenters. The predicted octanol–water partition coefficient (Wildman–Crippen LogP) is 2.05. The first-order valence-electron chi connectivity index (χ1n) is 8.95. The minimum Gasteiger partial charge on any atom is -0.444 e. The summed E-state index contributed by atoms with van der Waals surface area (Å²) in [7, 11) is 0. The molecule has 0 bridgehead atoms. The molecule has 0 radical (unpaired) electrons. The molecule has 0 aromatic carbocycles. The molecule has 3 heterocycles. The molecule has 142 valence electrons. The summed E-state index contributed by atoms with van der Waals surface area (Å²) >= 11 is 0. The van der Waals surface area contributed by atoms with Crippen molar-refractivity contribution >= 4 is 23.5 Å². The van der Waals surface area contributed by atoms with Gasteiger partial charge in [0, 0.05) is 18.7 Å². The Bertz CT molecular complexity index is 870. The summed E-state index contributed by atoms with van der Waals surface area (Å²) in [6.07, 6.45) is 3.72. The summed E-state index contributed by atoms with van der Waals surface area (Å²) in [4.78, 5) is 25.6. The van der Waals surface area contributed by atoms with E-state index in [1.807, 2.05) is 12.1 Å². The number of piperidine rings is 1. The molecule has 9 nitrogen and oxygen atoms in total. The van der Waals surface area contributed by atoms with Crippen LogP contribution in [0.1, 0.15) is 32.9 Å². The van der Waals surface area contributed by atoms with E-state index in [-0.39, 0.29) is 11.8 Å². The number of hydrogen-bond acceptors (Lipinski definition) is 6. The van der Waals surface area contributed by atoms with Crippen molar-refractivity contribution in [3.05, 3.63) is 30.2 Å². The van der Waals surface area contributed by atoms with Gasteiger partial charge in [0.1, 0.15) is 5.60 Å². The standard InChI is InChI=1S/C18H22N6O3/c1-18(2,3)27-17(26)20-13-7-19-23(10-13)9-12-4-5-15(22-21-12)24-8-11-6-14(11)16(24)25/h4-5,7,10-11,14H,6,8-9H2,1-3H3,(H,20,26). The van der Waals surface area contributed by atoms with Crippen molar-refractivity contribution in [2.24, 2.45) is 11.8 Å². The molecule has 9 heteroatoms. The Morgan fingerprint density at radius 3 is 2.78 bits per heavy atom. The quantitative estimate of drug-likeness (QED) is 0.884. The zero-order valence-electron chi connectivity index (χ0n) is 15.5. The third-order valence-corrected chi connectivity index (χ3v) is 4.51. The lowest BCUT2D eigenvalue weighted by Gasteiger charge is -2.19. The van der Waals surface area contributed by atoms with Crippen LogP contribution in [0.3, 0.4) is 0 Å². The molecule has 27 heavy (non-hydrogen) atoms. The number of aromatic nitrogens is 4. The second-order valence-electron chi connectivity index (χ2n) is 7.99. The number of rotatable bonds is 4. The molecule has 2 atom stereocenters. The average Bonchev–Trinajstić information content (AvgIpc) is 3.11. The zero-order valence-corrected chi connectivity index (χ0v) is 15.5. The lowest BCUT2D eigenvalue weighted by atomic mass is 10.2. The number of carbonyl (C=O) groups excluding carboxylic acids is 2. The monoisotopic (exact) mass is 370 g/mol. The fourth-order valence-corrected chi connectivity index (χ4v) is 3.17. The van der Waals surface area contributed by atoms with E-state index in [0.717, 1.165) is 13.0 Å². The molecule has 2 aromatic heterocycles. The summed E-state index contributed by atoms with van der Waals surface area (Å²) in [5.41, 5.74) is 0.687. The summed E-state index contributed by atoms with van der Waals surface area (Å²) in [6, 6.07) is 3.65. The number of anilines is 2. The maximum absolute atomic E-state index is 12.1. The molecular formula is C18H22N6O3. The first kappa shape index (κ1) is 17.4. The van der Waals surface area contributed by atoms with Crippen LogP contribution in [0.25, 0.3) is 0 Å². The van der Waals surface area contributed by atoms with Crippen molar-refractivity contribution < 1.29 is 14.3 Å². The SMILES string of the molecule is CC(C)(C)OC(=O)Nc1cnn(Cc2ccc(N3CC4CC4C3=O)nn2)c1. The summed E-state index contributed by atoms with van der Waals surface area (Å²) in [5, 5.41) is 15.2. The number of nitrogens with zero attached hydrogens (tertiary/aromatic N) is 5. The van der Waals surface area contributed by atoms with Crippen LogP contribution in [0.5, 0.6) is 0 Å². The van der Waals surface area contributed by atoms with E-state index >= 15 is 0 Å². The largest absolute Gasteiger partial charge is 0.444 e. The Morgan fingerprint density at radius 2 is 2.15 bits per heavy atom. The molecule has 1 saturated heterocycles. The van der Waals surface area contributed by atoms with Crippen molar-refractivity contribution in [2.75, 3.05) is 16.8 Å². The molecule has 2 fully saturated rings. The second kappa shape index (κ2) is 6.33. The van der Waals surface area contributed by atoms with Crippen LogP contribution in [-0.4, -0.2) is 44.1 Å². The Balaban J connectivity index is 1.35. The molecule has 2 aliphatic rings. The highest BCUT2D eigenvalue weighted by molar-refractivity contribution is 5.99. The van der Waals surface area contributed by atoms with Gasteiger partial charge in [0.25, 0.3) is 0 Å². The summed E-state index contributed by atoms with van der Waals surface area (Å²) in [6.45, 7) is 6.56. The lowest BCUT2D eigenvalue weighted by molar-refractivity contribution is -0.118. The highest BCUT2D eigenvalue weighted by atomic mass is 16.6. The van der Waals surface area contributed by atoms with E-state index in [1.54, 1.807) is 42.7 Å². The summed E-state index contributed by atoms with van der Waals surface area (Å²) < 4.78 is 6.85. The number of carbonyl (C=O) groups is 2. The van der Waals surface area contributed by atoms with Crippen molar-refractivity contribution in [1.82, 2.24) is 20.0 Å². The maximum atomic E-state index is 12.1. The highest BCUT2D eigenvalue weighted by Gasteiger charge is 2.52. The van der Waals surface area contributed by atoms with Crippen LogP contribution in [0.2, 0.25) is 0 Å². The molecule has 1 aliphatic carbocycles. The summed E-state index contributed by atoms with van der Waals surface area (Å²) in [5.74, 6) is 1.46. The Morgan fingerprint density at radius 1 is 1.33 bits per heavy atom. The molecule has 1 N–H and O–H groups in total. The van der Waals surface area contributed by atoms with Crippen LogP contribution >= 0.6 is 0 Å². The Kier molecular flexibility index (Phi) is 4.09. The van der Waals surface area contributed by atoms with Gasteiger partial charge in [-0.2, -0.15) is 10.2 Å². The van der Waals surface area contributed by atoms with E-state index in [4.69, 9.17) is 4.74 Å². The smallest absolute Gasteiger partial charge is 0.412 e. The van der Waals surface area contributed by atoms with Gasteiger partial charge in [-0.25, -0.2) is 4.79 Å². The van der Waals surface area contributed by atoms with Crippen molar-refractivity contribution in [1.29, 1.82) is 0 Å². The topological polar surface area (TPSA) is 102 Å². The fraction of sp³-hybridized carbons (Fsp3) is 0.500. The Hall–Kier alpha value is -2.97. The van der Waals surface area contributed by atoms with Crippen LogP contribution in [-0.2, 0) is 16.1 Å². The van der Waals surface area contributed by atoms with Crippen molar-refractivity contribution in [2.45, 2.75) is 39.3 Å². The molecule has 1 saturated carbocycles. The normalized spacial score (nSPS) is 21.1. The first-order chi connectivity index (χ1) is 12.8. The highest BCUT2D eigenvalue weighted by Crippen LogP contribution is 2.46. The van der Waals surface area contributed by atoms with E-state index in [1.165, 1.54) is 0 Å². The number of nitrogens with one attached hydrogen (secondary N) is 1. The van der Waals surface area contributed by atoms with Crippen LogP contribution in [0.15, 0.2) is 24.5 Å². The van der Waals surface area contributed by atoms with E-state index < -0.39 is 11.7 Å². The van der Waals surface area contributed by atoms with E-state index in [2.05, 4.69) is 20.6 Å². The minimum atomic E-state index is -0.561. The number of ether oxygens (including phenoxy) is 1. The van der Waals surface area contributed by atoms with Gasteiger partial charge >= 0.3 is 6.09 Å². The molecule has 1 aliphatic heterocycles. The third kappa shape index (κ3) is 3.91. The zero-order chi connectivity index (χ0) is 19.2. The fourth-order valence-electron chi connectivity index (χ4n) is 3.17. The van der Waals surface area contributed by atoms with E-state index in [0.29, 0.717) is 29.7 Å². The predicted molar refractivity (Wildman–Crippen MR) is 97.2 cm³/mol. The molecule has 2 amide bonds. The van der Waals surface area contributed by atoms with Gasteiger partial charge < -0.3 is 4.74 Å².